The molecule has 0 spiro atoms. The SMILES string of the molecule is Cc1cc(C(=O)OC(C)C(=O)Nc2ccc([N+](=O)[O-])cc2)c2cnn(C(C)C)c2n1. The van der Waals surface area contributed by atoms with Crippen molar-refractivity contribution in [3.63, 3.8) is 0 Å². The number of pyridine rings is 1. The molecule has 1 N–H and O–H groups in total. The van der Waals surface area contributed by atoms with Gasteiger partial charge in [0.05, 0.1) is 22.1 Å². The van der Waals surface area contributed by atoms with Gasteiger partial charge in [-0.15, -0.1) is 0 Å². The number of nitro benzene ring substituents is 1. The van der Waals surface area contributed by atoms with Crippen LogP contribution < -0.4 is 5.32 Å². The second-order valence-corrected chi connectivity index (χ2v) is 7.07. The van der Waals surface area contributed by atoms with Crippen LogP contribution in [-0.4, -0.2) is 37.7 Å². The number of benzene rings is 1. The third-order valence-electron chi connectivity index (χ3n) is 4.40. The number of hydrogen-bond donors (Lipinski definition) is 1. The number of carbonyl (C=O) groups is 2. The lowest BCUT2D eigenvalue weighted by Gasteiger charge is -2.14. The Morgan fingerprint density at radius 1 is 1.20 bits per heavy atom. The summed E-state index contributed by atoms with van der Waals surface area (Å²) in [7, 11) is 0. The van der Waals surface area contributed by atoms with E-state index in [2.05, 4.69) is 15.4 Å². The van der Waals surface area contributed by atoms with Crippen molar-refractivity contribution in [2.24, 2.45) is 0 Å². The zero-order valence-corrected chi connectivity index (χ0v) is 16.9. The van der Waals surface area contributed by atoms with Crippen LogP contribution >= 0.6 is 0 Å². The van der Waals surface area contributed by atoms with Crippen molar-refractivity contribution in [1.82, 2.24) is 14.8 Å². The van der Waals surface area contributed by atoms with Gasteiger partial charge in [-0.1, -0.05) is 0 Å². The molecule has 2 heterocycles. The smallest absolute Gasteiger partial charge is 0.339 e. The maximum Gasteiger partial charge on any atom is 0.339 e. The van der Waals surface area contributed by atoms with E-state index < -0.39 is 22.9 Å². The number of carbonyl (C=O) groups excluding carboxylic acids is 2. The van der Waals surface area contributed by atoms with Crippen molar-refractivity contribution in [2.75, 3.05) is 5.32 Å². The maximum absolute atomic E-state index is 12.7. The summed E-state index contributed by atoms with van der Waals surface area (Å²) < 4.78 is 7.05. The fraction of sp³-hybridized carbons (Fsp3) is 0.300. The molecule has 0 aliphatic rings. The second-order valence-electron chi connectivity index (χ2n) is 7.07. The summed E-state index contributed by atoms with van der Waals surface area (Å²) in [5, 5.41) is 18.1. The number of nitro groups is 1. The topological polar surface area (TPSA) is 129 Å². The number of fused-ring (bicyclic) bond motifs is 1. The predicted molar refractivity (Wildman–Crippen MR) is 109 cm³/mol. The molecule has 0 saturated heterocycles. The molecule has 10 heteroatoms. The van der Waals surface area contributed by atoms with Crippen molar-refractivity contribution in [3.8, 4) is 0 Å². The number of non-ortho nitro benzene ring substituents is 1. The predicted octanol–water partition coefficient (Wildman–Crippen LogP) is 3.41. The maximum atomic E-state index is 12.7. The average Bonchev–Trinajstić information content (AvgIpc) is 3.11. The first-order valence-electron chi connectivity index (χ1n) is 9.28. The number of aryl methyl sites for hydroxylation is 1. The van der Waals surface area contributed by atoms with Crippen molar-refractivity contribution in [2.45, 2.75) is 39.8 Å². The Morgan fingerprint density at radius 3 is 2.47 bits per heavy atom. The first kappa shape index (κ1) is 20.9. The Balaban J connectivity index is 1.75. The molecular formula is C20H21N5O5. The van der Waals surface area contributed by atoms with Crippen LogP contribution in [0.1, 0.15) is 42.9 Å². The molecule has 2 aromatic heterocycles. The number of nitrogens with zero attached hydrogens (tertiary/aromatic N) is 4. The lowest BCUT2D eigenvalue weighted by atomic mass is 10.1. The van der Waals surface area contributed by atoms with E-state index in [1.165, 1.54) is 31.2 Å². The molecule has 156 valence electrons. The molecule has 0 aliphatic carbocycles. The highest BCUT2D eigenvalue weighted by Crippen LogP contribution is 2.22. The van der Waals surface area contributed by atoms with Crippen LogP contribution in [0.25, 0.3) is 11.0 Å². The molecule has 10 nitrogen and oxygen atoms in total. The monoisotopic (exact) mass is 411 g/mol. The van der Waals surface area contributed by atoms with E-state index in [0.29, 0.717) is 22.4 Å². The third kappa shape index (κ3) is 4.27. The van der Waals surface area contributed by atoms with Gasteiger partial charge in [0.25, 0.3) is 11.6 Å². The molecule has 0 radical (unpaired) electrons. The highest BCUT2D eigenvalue weighted by molar-refractivity contribution is 6.04. The van der Waals surface area contributed by atoms with E-state index in [4.69, 9.17) is 4.74 Å². The highest BCUT2D eigenvalue weighted by Gasteiger charge is 2.23. The molecule has 0 bridgehead atoms. The second kappa shape index (κ2) is 8.27. The normalized spacial score (nSPS) is 12.0. The fourth-order valence-corrected chi connectivity index (χ4v) is 2.88. The minimum absolute atomic E-state index is 0.0621. The Kier molecular flexibility index (Phi) is 5.77. The standard InChI is InChI=1S/C20H21N5O5/c1-11(2)24-18-17(10-21-24)16(9-12(3)22-18)20(27)30-13(4)19(26)23-14-5-7-15(8-6-14)25(28)29/h5-11,13H,1-4H3,(H,23,26). The number of ether oxygens (including phenoxy) is 1. The minimum atomic E-state index is -1.09. The first-order chi connectivity index (χ1) is 14.2. The van der Waals surface area contributed by atoms with E-state index in [1.807, 2.05) is 13.8 Å². The molecule has 1 aromatic carbocycles. The summed E-state index contributed by atoms with van der Waals surface area (Å²) in [5.41, 5.74) is 1.74. The minimum Gasteiger partial charge on any atom is -0.449 e. The number of esters is 1. The lowest BCUT2D eigenvalue weighted by Crippen LogP contribution is -2.30. The molecule has 3 aromatic rings. The zero-order valence-electron chi connectivity index (χ0n) is 16.9. The van der Waals surface area contributed by atoms with Crippen LogP contribution in [0.2, 0.25) is 0 Å². The summed E-state index contributed by atoms with van der Waals surface area (Å²) in [5.74, 6) is -1.22. The van der Waals surface area contributed by atoms with Crippen molar-refractivity contribution in [3.05, 3.63) is 57.9 Å². The van der Waals surface area contributed by atoms with Crippen molar-refractivity contribution in [1.29, 1.82) is 0 Å². The Bertz CT molecular complexity index is 1120. The van der Waals surface area contributed by atoms with Gasteiger partial charge in [-0.2, -0.15) is 5.10 Å². The average molecular weight is 411 g/mol. The largest absolute Gasteiger partial charge is 0.449 e. The van der Waals surface area contributed by atoms with Crippen LogP contribution in [-0.2, 0) is 9.53 Å². The Morgan fingerprint density at radius 2 is 1.87 bits per heavy atom. The third-order valence-corrected chi connectivity index (χ3v) is 4.40. The van der Waals surface area contributed by atoms with Gasteiger partial charge in [-0.05, 0) is 45.9 Å². The molecule has 0 fully saturated rings. The summed E-state index contributed by atoms with van der Waals surface area (Å²) in [4.78, 5) is 39.7. The lowest BCUT2D eigenvalue weighted by molar-refractivity contribution is -0.384. The number of rotatable bonds is 6. The molecule has 0 aliphatic heterocycles. The molecular weight excluding hydrogens is 390 g/mol. The van der Waals surface area contributed by atoms with Gasteiger partial charge in [0, 0.05) is 29.6 Å². The van der Waals surface area contributed by atoms with Crippen LogP contribution in [0.5, 0.6) is 0 Å². The van der Waals surface area contributed by atoms with E-state index in [0.717, 1.165) is 0 Å². The highest BCUT2D eigenvalue weighted by atomic mass is 16.6. The van der Waals surface area contributed by atoms with E-state index in [9.17, 15) is 19.7 Å². The van der Waals surface area contributed by atoms with Gasteiger partial charge in [0.15, 0.2) is 11.8 Å². The summed E-state index contributed by atoms with van der Waals surface area (Å²) in [6.45, 7) is 7.12. The Labute approximate surface area is 172 Å². The van der Waals surface area contributed by atoms with E-state index in [-0.39, 0.29) is 17.3 Å². The van der Waals surface area contributed by atoms with Gasteiger partial charge < -0.3 is 10.1 Å². The van der Waals surface area contributed by atoms with Crippen LogP contribution in [0.15, 0.2) is 36.5 Å². The summed E-state index contributed by atoms with van der Waals surface area (Å²) in [6.07, 6.45) is 0.469. The molecule has 1 amide bonds. The van der Waals surface area contributed by atoms with Crippen LogP contribution in [0.3, 0.4) is 0 Å². The number of aromatic nitrogens is 3. The molecule has 1 atom stereocenters. The Hall–Kier alpha value is -3.82. The number of nitrogens with one attached hydrogen (secondary N) is 1. The quantitative estimate of drug-likeness (QED) is 0.374. The molecule has 1 unspecified atom stereocenters. The zero-order chi connectivity index (χ0) is 22.0. The summed E-state index contributed by atoms with van der Waals surface area (Å²) >= 11 is 0. The van der Waals surface area contributed by atoms with Gasteiger partial charge in [0.2, 0.25) is 0 Å². The molecule has 3 rings (SSSR count). The van der Waals surface area contributed by atoms with Gasteiger partial charge in [0.1, 0.15) is 0 Å². The van der Waals surface area contributed by atoms with Gasteiger partial charge in [-0.3, -0.25) is 14.9 Å². The van der Waals surface area contributed by atoms with E-state index >= 15 is 0 Å². The first-order valence-corrected chi connectivity index (χ1v) is 9.28. The van der Waals surface area contributed by atoms with Gasteiger partial charge in [-0.25, -0.2) is 14.5 Å². The fourth-order valence-electron chi connectivity index (χ4n) is 2.88. The number of anilines is 1. The molecule has 0 saturated carbocycles. The number of amides is 1. The van der Waals surface area contributed by atoms with Crippen LogP contribution in [0, 0.1) is 17.0 Å². The van der Waals surface area contributed by atoms with Crippen LogP contribution in [0.4, 0.5) is 11.4 Å². The van der Waals surface area contributed by atoms with Crippen molar-refractivity contribution < 1.29 is 19.2 Å². The number of hydrogen-bond acceptors (Lipinski definition) is 7. The van der Waals surface area contributed by atoms with Gasteiger partial charge >= 0.3 is 5.97 Å². The molecule has 30 heavy (non-hydrogen) atoms. The van der Waals surface area contributed by atoms with E-state index in [1.54, 1.807) is 23.9 Å². The van der Waals surface area contributed by atoms with Crippen molar-refractivity contribution >= 4 is 34.3 Å². The summed E-state index contributed by atoms with van der Waals surface area (Å²) in [6, 6.07) is 7.01.